The molecule has 0 aliphatic carbocycles. The van der Waals surface area contributed by atoms with Crippen LogP contribution in [0.2, 0.25) is 0 Å². The van der Waals surface area contributed by atoms with E-state index in [2.05, 4.69) is 5.32 Å². The summed E-state index contributed by atoms with van der Waals surface area (Å²) in [6, 6.07) is 7.19. The van der Waals surface area contributed by atoms with Crippen LogP contribution in [0.1, 0.15) is 32.3 Å². The molecule has 2 unspecified atom stereocenters. The second-order valence-electron chi connectivity index (χ2n) is 5.14. The Labute approximate surface area is 119 Å². The van der Waals surface area contributed by atoms with Gasteiger partial charge in [0.15, 0.2) is 0 Å². The number of benzene rings is 1. The molecule has 2 atom stereocenters. The molecule has 0 saturated carbocycles. The summed E-state index contributed by atoms with van der Waals surface area (Å²) in [6.45, 7) is 4.59. The second-order valence-corrected chi connectivity index (χ2v) is 5.14. The van der Waals surface area contributed by atoms with Crippen molar-refractivity contribution in [2.75, 3.05) is 13.2 Å². The summed E-state index contributed by atoms with van der Waals surface area (Å²) in [4.78, 5) is 0. The van der Waals surface area contributed by atoms with Crippen molar-refractivity contribution in [2.24, 2.45) is 0 Å². The molecule has 0 aliphatic heterocycles. The van der Waals surface area contributed by atoms with Crippen molar-refractivity contribution < 1.29 is 14.6 Å². The van der Waals surface area contributed by atoms with Crippen molar-refractivity contribution in [1.29, 1.82) is 0 Å². The summed E-state index contributed by atoms with van der Waals surface area (Å²) in [5.74, 6) is 0. The molecule has 0 bridgehead atoms. The van der Waals surface area contributed by atoms with Crippen molar-refractivity contribution in [3.05, 3.63) is 36.1 Å². The Morgan fingerprint density at radius 2 is 2.10 bits per heavy atom. The number of nitrogens with one attached hydrogen (secondary N) is 1. The zero-order chi connectivity index (χ0) is 14.6. The Morgan fingerprint density at radius 3 is 2.75 bits per heavy atom. The average molecular weight is 277 g/mol. The van der Waals surface area contributed by atoms with Crippen molar-refractivity contribution in [3.63, 3.8) is 0 Å². The number of hydrogen-bond donors (Lipinski definition) is 3. The van der Waals surface area contributed by atoms with Crippen LogP contribution in [0, 0.1) is 0 Å². The number of aliphatic hydroxyl groups excluding tert-OH is 1. The minimum absolute atomic E-state index is 0.103. The van der Waals surface area contributed by atoms with Crippen LogP contribution >= 0.6 is 0 Å². The van der Waals surface area contributed by atoms with Crippen LogP contribution in [0.3, 0.4) is 0 Å². The number of fused-ring (bicyclic) bond motifs is 1. The monoisotopic (exact) mass is 277 g/mol. The first-order valence-corrected chi connectivity index (χ1v) is 7.20. The van der Waals surface area contributed by atoms with Gasteiger partial charge >= 0.3 is 0 Å². The highest BCUT2D eigenvalue weighted by atomic mass is 16.3. The van der Waals surface area contributed by atoms with E-state index in [0.29, 0.717) is 13.0 Å². The van der Waals surface area contributed by atoms with Crippen molar-refractivity contribution >= 4 is 11.0 Å². The van der Waals surface area contributed by atoms with E-state index in [-0.39, 0.29) is 12.6 Å². The molecule has 1 aromatic heterocycles. The molecular formula is C16H23NO3. The number of likely N-dealkylation sites (N-methyl/N-ethyl adjacent to an activating group) is 1. The first-order chi connectivity index (χ1) is 9.65. The first-order valence-electron chi connectivity index (χ1n) is 7.20. The maximum absolute atomic E-state index is 11.1. The molecule has 2 rings (SSSR count). The Morgan fingerprint density at radius 1 is 1.30 bits per heavy atom. The topological polar surface area (TPSA) is 65.6 Å². The Hall–Kier alpha value is -1.36. The zero-order valence-electron chi connectivity index (χ0n) is 12.1. The lowest BCUT2D eigenvalue weighted by atomic mass is 9.82. The standard InChI is InChI=1S/C16H23NO3/c1-3-8-16(19,15(11-18)17-4-2)13-5-6-14-12(10-13)7-9-20-14/h5-7,9-10,15,17-19H,3-4,8,11H2,1-2H3. The Bertz CT molecular complexity index is 551. The Kier molecular flexibility index (Phi) is 4.81. The van der Waals surface area contributed by atoms with E-state index in [4.69, 9.17) is 4.42 Å². The molecule has 4 nitrogen and oxygen atoms in total. The van der Waals surface area contributed by atoms with Gasteiger partial charge in [0.2, 0.25) is 0 Å². The molecule has 0 amide bonds. The highest BCUT2D eigenvalue weighted by Gasteiger charge is 2.37. The lowest BCUT2D eigenvalue weighted by Gasteiger charge is -2.36. The van der Waals surface area contributed by atoms with E-state index in [1.165, 1.54) is 0 Å². The predicted molar refractivity (Wildman–Crippen MR) is 79.6 cm³/mol. The van der Waals surface area contributed by atoms with E-state index < -0.39 is 5.60 Å². The van der Waals surface area contributed by atoms with Gasteiger partial charge in [0.25, 0.3) is 0 Å². The third kappa shape index (κ3) is 2.73. The minimum Gasteiger partial charge on any atom is -0.464 e. The minimum atomic E-state index is -1.08. The molecular weight excluding hydrogens is 254 g/mol. The zero-order valence-corrected chi connectivity index (χ0v) is 12.1. The molecule has 0 fully saturated rings. The van der Waals surface area contributed by atoms with Crippen molar-refractivity contribution in [2.45, 2.75) is 38.3 Å². The normalized spacial score (nSPS) is 16.2. The largest absolute Gasteiger partial charge is 0.464 e. The summed E-state index contributed by atoms with van der Waals surface area (Å²) < 4.78 is 5.33. The van der Waals surface area contributed by atoms with Gasteiger partial charge in [-0.05, 0) is 36.7 Å². The second kappa shape index (κ2) is 6.39. The SMILES string of the molecule is CCCC(O)(c1ccc2occc2c1)C(CO)NCC. The fraction of sp³-hybridized carbons (Fsp3) is 0.500. The van der Waals surface area contributed by atoms with Crippen molar-refractivity contribution in [1.82, 2.24) is 5.32 Å². The van der Waals surface area contributed by atoms with Gasteiger partial charge in [0.05, 0.1) is 18.9 Å². The molecule has 1 aromatic carbocycles. The maximum Gasteiger partial charge on any atom is 0.133 e. The summed E-state index contributed by atoms with van der Waals surface area (Å²) in [5, 5.41) is 24.9. The van der Waals surface area contributed by atoms with Gasteiger partial charge in [-0.25, -0.2) is 0 Å². The molecule has 20 heavy (non-hydrogen) atoms. The molecule has 2 aromatic rings. The van der Waals surface area contributed by atoms with Crippen LogP contribution in [-0.2, 0) is 5.60 Å². The lowest BCUT2D eigenvalue weighted by Crippen LogP contribution is -2.50. The predicted octanol–water partition coefficient (Wildman–Crippen LogP) is 2.39. The fourth-order valence-corrected chi connectivity index (χ4v) is 2.77. The van der Waals surface area contributed by atoms with Gasteiger partial charge in [-0.1, -0.05) is 26.3 Å². The van der Waals surface area contributed by atoms with Gasteiger partial charge in [0, 0.05) is 5.39 Å². The highest BCUT2D eigenvalue weighted by molar-refractivity contribution is 5.78. The highest BCUT2D eigenvalue weighted by Crippen LogP contribution is 2.32. The number of furan rings is 1. The lowest BCUT2D eigenvalue weighted by molar-refractivity contribution is -0.0295. The summed E-state index contributed by atoms with van der Waals surface area (Å²) in [5.41, 5.74) is 0.537. The molecule has 0 spiro atoms. The Balaban J connectivity index is 2.43. The van der Waals surface area contributed by atoms with Gasteiger partial charge in [-0.3, -0.25) is 0 Å². The third-order valence-corrected chi connectivity index (χ3v) is 3.79. The smallest absolute Gasteiger partial charge is 0.133 e. The molecule has 4 heteroatoms. The first kappa shape index (κ1) is 15.0. The van der Waals surface area contributed by atoms with E-state index in [1.807, 2.05) is 38.1 Å². The van der Waals surface area contributed by atoms with Gasteiger partial charge in [0.1, 0.15) is 11.2 Å². The fourth-order valence-electron chi connectivity index (χ4n) is 2.77. The van der Waals surface area contributed by atoms with Gasteiger partial charge in [-0.2, -0.15) is 0 Å². The summed E-state index contributed by atoms with van der Waals surface area (Å²) in [7, 11) is 0. The van der Waals surface area contributed by atoms with Crippen molar-refractivity contribution in [3.8, 4) is 0 Å². The molecule has 0 saturated heterocycles. The van der Waals surface area contributed by atoms with E-state index in [0.717, 1.165) is 23.0 Å². The van der Waals surface area contributed by atoms with Gasteiger partial charge in [-0.15, -0.1) is 0 Å². The summed E-state index contributed by atoms with van der Waals surface area (Å²) in [6.07, 6.45) is 3.07. The van der Waals surface area contributed by atoms with E-state index in [9.17, 15) is 10.2 Å². The molecule has 3 N–H and O–H groups in total. The number of aliphatic hydroxyl groups is 2. The van der Waals surface area contributed by atoms with Crippen LogP contribution in [0.25, 0.3) is 11.0 Å². The summed E-state index contributed by atoms with van der Waals surface area (Å²) >= 11 is 0. The maximum atomic E-state index is 11.1. The molecule has 0 aliphatic rings. The van der Waals surface area contributed by atoms with Gasteiger partial charge < -0.3 is 19.9 Å². The number of rotatable bonds is 7. The van der Waals surface area contributed by atoms with Crippen LogP contribution < -0.4 is 5.32 Å². The average Bonchev–Trinajstić information content (AvgIpc) is 2.92. The molecule has 110 valence electrons. The van der Waals surface area contributed by atoms with E-state index in [1.54, 1.807) is 6.26 Å². The van der Waals surface area contributed by atoms with Crippen LogP contribution in [-0.4, -0.2) is 29.4 Å². The number of hydrogen-bond acceptors (Lipinski definition) is 4. The van der Waals surface area contributed by atoms with Crippen LogP contribution in [0.5, 0.6) is 0 Å². The molecule has 0 radical (unpaired) electrons. The van der Waals surface area contributed by atoms with E-state index >= 15 is 0 Å². The third-order valence-electron chi connectivity index (χ3n) is 3.79. The molecule has 1 heterocycles. The van der Waals surface area contributed by atoms with Crippen LogP contribution in [0.4, 0.5) is 0 Å². The quantitative estimate of drug-likeness (QED) is 0.727. The van der Waals surface area contributed by atoms with Crippen LogP contribution in [0.15, 0.2) is 34.9 Å².